The Morgan fingerprint density at radius 2 is 0.587 bits per heavy atom. The summed E-state index contributed by atoms with van der Waals surface area (Å²) in [5, 5.41) is 23.3. The molecule has 0 aromatic rings. The average Bonchev–Trinajstić information content (AvgIpc) is 3.41. The van der Waals surface area contributed by atoms with Crippen LogP contribution >= 0.6 is 0 Å². The zero-order valence-electron chi connectivity index (χ0n) is 49.5. The normalized spacial score (nSPS) is 13.6. The predicted molar refractivity (Wildman–Crippen MR) is 336 cm³/mol. The topological polar surface area (TPSA) is 69.6 Å². The zero-order valence-corrected chi connectivity index (χ0v) is 49.5. The molecule has 430 valence electrons. The summed E-state index contributed by atoms with van der Waals surface area (Å²) in [5.74, 6) is -0.0721. The Labute approximate surface area is 467 Å². The van der Waals surface area contributed by atoms with E-state index in [0.717, 1.165) is 89.9 Å². The third-order valence-corrected chi connectivity index (χ3v) is 14.2. The molecule has 4 heteroatoms. The fourth-order valence-corrected chi connectivity index (χ4v) is 9.35. The highest BCUT2D eigenvalue weighted by Gasteiger charge is 2.18. The van der Waals surface area contributed by atoms with E-state index in [2.05, 4.69) is 129 Å². The van der Waals surface area contributed by atoms with Gasteiger partial charge >= 0.3 is 0 Å². The van der Waals surface area contributed by atoms with E-state index >= 15 is 0 Å². The van der Waals surface area contributed by atoms with Gasteiger partial charge in [0, 0.05) is 6.42 Å². The minimum absolute atomic E-state index is 0.0721. The Morgan fingerprint density at radius 1 is 0.333 bits per heavy atom. The average molecular weight is 1040 g/mol. The molecule has 0 aromatic heterocycles. The van der Waals surface area contributed by atoms with Gasteiger partial charge in [-0.25, -0.2) is 0 Å². The van der Waals surface area contributed by atoms with Crippen molar-refractivity contribution in [3.63, 3.8) is 0 Å². The van der Waals surface area contributed by atoms with Crippen LogP contribution in [0.25, 0.3) is 0 Å². The molecule has 0 rings (SSSR count). The van der Waals surface area contributed by atoms with E-state index in [9.17, 15) is 15.0 Å². The van der Waals surface area contributed by atoms with E-state index in [4.69, 9.17) is 0 Å². The van der Waals surface area contributed by atoms with Crippen molar-refractivity contribution in [2.24, 2.45) is 0 Å². The maximum atomic E-state index is 12.5. The Hall–Kier alpha value is -3.21. The molecule has 0 aliphatic rings. The van der Waals surface area contributed by atoms with Crippen molar-refractivity contribution < 1.29 is 15.0 Å². The first-order valence-corrected chi connectivity index (χ1v) is 32.2. The summed E-state index contributed by atoms with van der Waals surface area (Å²) in [4.78, 5) is 12.5. The summed E-state index contributed by atoms with van der Waals surface area (Å²) in [6.07, 6.45) is 99.6. The first-order valence-electron chi connectivity index (χ1n) is 32.2. The molecule has 0 heterocycles. The van der Waals surface area contributed by atoms with Crippen LogP contribution in [0.15, 0.2) is 122 Å². The van der Waals surface area contributed by atoms with Crippen molar-refractivity contribution in [1.82, 2.24) is 5.32 Å². The SMILES string of the molecule is CC/C=C\C/C=C\C/C=C\C/C=C\C/C=C\C/C=C\C/C=C\C/C=C\C/C=C\CCCCCCCCCCCC(=O)NC(CO)C(O)/C=C/CCCCCCCCCCCCCCCCCCCCCCCCCC. The lowest BCUT2D eigenvalue weighted by Gasteiger charge is -2.20. The number of hydrogen-bond donors (Lipinski definition) is 3. The van der Waals surface area contributed by atoms with Crippen molar-refractivity contribution in [3.8, 4) is 0 Å². The van der Waals surface area contributed by atoms with E-state index in [1.807, 2.05) is 6.08 Å². The third kappa shape index (κ3) is 61.5. The lowest BCUT2D eigenvalue weighted by atomic mass is 10.0. The maximum Gasteiger partial charge on any atom is 0.220 e. The molecule has 0 aliphatic carbocycles. The molecule has 0 spiro atoms. The number of rotatable bonds is 58. The summed E-state index contributed by atoms with van der Waals surface area (Å²) in [7, 11) is 0. The lowest BCUT2D eigenvalue weighted by Crippen LogP contribution is -2.45. The van der Waals surface area contributed by atoms with E-state index in [0.29, 0.717) is 6.42 Å². The Balaban J connectivity index is 3.58. The smallest absolute Gasteiger partial charge is 0.220 e. The summed E-state index contributed by atoms with van der Waals surface area (Å²) in [6.45, 7) is 4.21. The van der Waals surface area contributed by atoms with Crippen LogP contribution in [-0.4, -0.2) is 34.9 Å². The number of amides is 1. The molecule has 0 saturated heterocycles. The van der Waals surface area contributed by atoms with Crippen molar-refractivity contribution in [3.05, 3.63) is 122 Å². The van der Waals surface area contributed by atoms with Gasteiger partial charge in [-0.1, -0.05) is 328 Å². The summed E-state index contributed by atoms with van der Waals surface area (Å²) < 4.78 is 0. The van der Waals surface area contributed by atoms with E-state index in [-0.39, 0.29) is 12.5 Å². The number of allylic oxidation sites excluding steroid dienone is 19. The van der Waals surface area contributed by atoms with Crippen LogP contribution in [0.1, 0.15) is 303 Å². The molecule has 0 bridgehead atoms. The van der Waals surface area contributed by atoms with Gasteiger partial charge in [0.15, 0.2) is 0 Å². The number of aliphatic hydroxyl groups excluding tert-OH is 2. The van der Waals surface area contributed by atoms with Crippen LogP contribution in [0.3, 0.4) is 0 Å². The van der Waals surface area contributed by atoms with E-state index in [1.54, 1.807) is 6.08 Å². The molecule has 0 radical (unpaired) electrons. The molecular formula is C71H123NO3. The van der Waals surface area contributed by atoms with Gasteiger partial charge in [0.2, 0.25) is 5.91 Å². The Kier molecular flexibility index (Phi) is 62.3. The van der Waals surface area contributed by atoms with E-state index in [1.165, 1.54) is 193 Å². The summed E-state index contributed by atoms with van der Waals surface area (Å²) in [6, 6.07) is -0.635. The first-order chi connectivity index (χ1) is 37.2. The maximum absolute atomic E-state index is 12.5. The fraction of sp³-hybridized carbons (Fsp3) is 0.704. The molecule has 0 fully saturated rings. The van der Waals surface area contributed by atoms with Gasteiger partial charge in [0.1, 0.15) is 0 Å². The zero-order chi connectivity index (χ0) is 54.1. The van der Waals surface area contributed by atoms with Crippen LogP contribution in [0.5, 0.6) is 0 Å². The molecule has 0 aliphatic heterocycles. The van der Waals surface area contributed by atoms with Crippen molar-refractivity contribution in [1.29, 1.82) is 0 Å². The Morgan fingerprint density at radius 3 is 0.880 bits per heavy atom. The molecule has 0 aromatic carbocycles. The molecule has 4 nitrogen and oxygen atoms in total. The standard InChI is InChI=1S/C71H123NO3/c1-3-5-7-9-11-13-15-17-19-21-23-25-27-29-31-32-33-34-35-36-37-38-39-40-41-43-45-47-49-51-53-55-57-59-61-63-65-67-71(75)72-69(68-73)70(74)66-64-62-60-58-56-54-52-50-48-46-44-42-30-28-26-24-22-20-18-16-14-12-10-8-6-4-2/h5,7,11,13,17,19,23,25,29,31,33-34,36-37,39-40,43,45,64,66,69-70,73-74H,3-4,6,8-10,12,14-16,18,20-22,24,26-28,30,32,35,38,41-42,44,46-63,65,67-68H2,1-2H3,(H,72,75)/b7-5-,13-11-,19-17-,25-23-,31-29-,34-33-,37-36-,40-39-,45-43-,66-64+. The van der Waals surface area contributed by atoms with Gasteiger partial charge in [-0.05, 0) is 89.9 Å². The highest BCUT2D eigenvalue weighted by Crippen LogP contribution is 2.17. The number of carbonyl (C=O) groups is 1. The van der Waals surface area contributed by atoms with Crippen LogP contribution in [-0.2, 0) is 4.79 Å². The molecule has 2 unspecified atom stereocenters. The highest BCUT2D eigenvalue weighted by atomic mass is 16.3. The second-order valence-corrected chi connectivity index (χ2v) is 21.5. The largest absolute Gasteiger partial charge is 0.394 e. The minimum atomic E-state index is -0.851. The Bertz CT molecular complexity index is 1460. The van der Waals surface area contributed by atoms with Gasteiger partial charge in [-0.15, -0.1) is 0 Å². The number of nitrogens with one attached hydrogen (secondary N) is 1. The highest BCUT2D eigenvalue weighted by molar-refractivity contribution is 5.76. The summed E-state index contributed by atoms with van der Waals surface area (Å²) >= 11 is 0. The quantitative estimate of drug-likeness (QED) is 0.0420. The van der Waals surface area contributed by atoms with Crippen molar-refractivity contribution in [2.45, 2.75) is 315 Å². The number of unbranched alkanes of at least 4 members (excludes halogenated alkanes) is 33. The molecule has 0 saturated carbocycles. The number of hydrogen-bond acceptors (Lipinski definition) is 3. The fourth-order valence-electron chi connectivity index (χ4n) is 9.35. The first kappa shape index (κ1) is 71.8. The number of aliphatic hydroxyl groups is 2. The molecule has 75 heavy (non-hydrogen) atoms. The van der Waals surface area contributed by atoms with Crippen molar-refractivity contribution >= 4 is 5.91 Å². The van der Waals surface area contributed by atoms with Crippen LogP contribution < -0.4 is 5.32 Å². The van der Waals surface area contributed by atoms with Crippen LogP contribution in [0.4, 0.5) is 0 Å². The third-order valence-electron chi connectivity index (χ3n) is 14.2. The number of carbonyl (C=O) groups excluding carboxylic acids is 1. The van der Waals surface area contributed by atoms with E-state index < -0.39 is 12.1 Å². The van der Waals surface area contributed by atoms with Crippen LogP contribution in [0, 0.1) is 0 Å². The molecule has 1 amide bonds. The molecule has 3 N–H and O–H groups in total. The van der Waals surface area contributed by atoms with Crippen LogP contribution in [0.2, 0.25) is 0 Å². The second kappa shape index (κ2) is 65.1. The minimum Gasteiger partial charge on any atom is -0.394 e. The van der Waals surface area contributed by atoms with Gasteiger partial charge < -0.3 is 15.5 Å². The second-order valence-electron chi connectivity index (χ2n) is 21.5. The van der Waals surface area contributed by atoms with Gasteiger partial charge in [-0.3, -0.25) is 4.79 Å². The molecular weight excluding hydrogens is 915 g/mol. The van der Waals surface area contributed by atoms with Gasteiger partial charge in [0.05, 0.1) is 18.8 Å². The predicted octanol–water partition coefficient (Wildman–Crippen LogP) is 22.0. The molecule has 2 atom stereocenters. The monoisotopic (exact) mass is 1040 g/mol. The van der Waals surface area contributed by atoms with Gasteiger partial charge in [0.25, 0.3) is 0 Å². The summed E-state index contributed by atoms with van der Waals surface area (Å²) in [5.41, 5.74) is 0. The lowest BCUT2D eigenvalue weighted by molar-refractivity contribution is -0.123. The van der Waals surface area contributed by atoms with Gasteiger partial charge in [-0.2, -0.15) is 0 Å². The van der Waals surface area contributed by atoms with Crippen molar-refractivity contribution in [2.75, 3.05) is 6.61 Å².